The maximum absolute atomic E-state index is 13.0. The molecular formula is C7H13FN4S. The number of rotatable bonds is 4. The summed E-state index contributed by atoms with van der Waals surface area (Å²) in [5.41, 5.74) is 4.16. The minimum atomic E-state index is -1.15. The maximum Gasteiger partial charge on any atom is 0.233 e. The highest BCUT2D eigenvalue weighted by Crippen LogP contribution is 2.15. The third-order valence-electron chi connectivity index (χ3n) is 1.44. The van der Waals surface area contributed by atoms with Gasteiger partial charge in [0, 0.05) is 18.1 Å². The molecule has 0 aliphatic rings. The minimum absolute atomic E-state index is 0.256. The molecule has 0 aromatic carbocycles. The zero-order valence-electron chi connectivity index (χ0n) is 7.67. The van der Waals surface area contributed by atoms with E-state index in [0.29, 0.717) is 18.1 Å². The molecule has 0 aliphatic heterocycles. The van der Waals surface area contributed by atoms with Gasteiger partial charge in [0.2, 0.25) is 11.1 Å². The van der Waals surface area contributed by atoms with Gasteiger partial charge in [-0.15, -0.1) is 0 Å². The van der Waals surface area contributed by atoms with Crippen molar-refractivity contribution in [2.24, 2.45) is 0 Å². The van der Waals surface area contributed by atoms with Gasteiger partial charge in [-0.05, 0) is 20.3 Å². The summed E-state index contributed by atoms with van der Waals surface area (Å²) < 4.78 is 16.8. The predicted octanol–water partition coefficient (Wildman–Crippen LogP) is 1.67. The third kappa shape index (κ3) is 4.02. The Morgan fingerprint density at radius 2 is 2.31 bits per heavy atom. The topological polar surface area (TPSA) is 63.8 Å². The van der Waals surface area contributed by atoms with Crippen LogP contribution in [0, 0.1) is 0 Å². The molecule has 0 bridgehead atoms. The normalized spacial score (nSPS) is 11.6. The first-order chi connectivity index (χ1) is 5.97. The van der Waals surface area contributed by atoms with Crippen molar-refractivity contribution in [2.45, 2.75) is 25.9 Å². The number of halogens is 1. The molecule has 0 radical (unpaired) electrons. The van der Waals surface area contributed by atoms with Crippen LogP contribution in [0.4, 0.5) is 15.5 Å². The number of anilines is 2. The van der Waals surface area contributed by atoms with Gasteiger partial charge in [0.1, 0.15) is 5.67 Å². The smallest absolute Gasteiger partial charge is 0.233 e. The molecule has 1 aromatic heterocycles. The van der Waals surface area contributed by atoms with Crippen LogP contribution >= 0.6 is 11.5 Å². The fraction of sp³-hybridized carbons (Fsp3) is 0.714. The van der Waals surface area contributed by atoms with Crippen LogP contribution in [0.2, 0.25) is 0 Å². The van der Waals surface area contributed by atoms with Gasteiger partial charge in [0.15, 0.2) is 0 Å². The Labute approximate surface area is 80.5 Å². The Balaban J connectivity index is 2.28. The fourth-order valence-electron chi connectivity index (χ4n) is 0.773. The zero-order chi connectivity index (χ0) is 9.90. The lowest BCUT2D eigenvalue weighted by molar-refractivity contribution is 0.207. The second-order valence-electron chi connectivity index (χ2n) is 3.35. The molecule has 0 spiro atoms. The SMILES string of the molecule is CC(C)(F)CCNc1nc(N)ns1. The van der Waals surface area contributed by atoms with E-state index in [0.717, 1.165) is 0 Å². The molecule has 0 fully saturated rings. The summed E-state index contributed by atoms with van der Waals surface area (Å²) in [6, 6.07) is 0. The largest absolute Gasteiger partial charge is 0.367 e. The van der Waals surface area contributed by atoms with E-state index >= 15 is 0 Å². The average molecular weight is 204 g/mol. The molecule has 1 heterocycles. The highest BCUT2D eigenvalue weighted by atomic mass is 32.1. The number of aromatic nitrogens is 2. The lowest BCUT2D eigenvalue weighted by Crippen LogP contribution is -2.17. The van der Waals surface area contributed by atoms with Crippen LogP contribution in [-0.2, 0) is 0 Å². The maximum atomic E-state index is 13.0. The van der Waals surface area contributed by atoms with Crippen LogP contribution in [0.15, 0.2) is 0 Å². The van der Waals surface area contributed by atoms with E-state index in [1.807, 2.05) is 0 Å². The molecule has 1 rings (SSSR count). The number of nitrogens with zero attached hydrogens (tertiary/aromatic N) is 2. The molecule has 0 aliphatic carbocycles. The monoisotopic (exact) mass is 204 g/mol. The van der Waals surface area contributed by atoms with Gasteiger partial charge in [-0.3, -0.25) is 0 Å². The van der Waals surface area contributed by atoms with Crippen molar-refractivity contribution in [1.29, 1.82) is 0 Å². The molecular weight excluding hydrogens is 191 g/mol. The minimum Gasteiger partial charge on any atom is -0.367 e. The number of hydrogen-bond donors (Lipinski definition) is 2. The summed E-state index contributed by atoms with van der Waals surface area (Å²) in [6.45, 7) is 3.63. The zero-order valence-corrected chi connectivity index (χ0v) is 8.49. The van der Waals surface area contributed by atoms with Gasteiger partial charge in [0.25, 0.3) is 0 Å². The molecule has 0 saturated heterocycles. The van der Waals surface area contributed by atoms with Crippen LogP contribution in [0.3, 0.4) is 0 Å². The standard InChI is InChI=1S/C7H13FN4S/c1-7(2,8)3-4-10-6-11-5(9)12-13-6/h3-4H2,1-2H3,(H3,9,10,11,12). The van der Waals surface area contributed by atoms with Crippen molar-refractivity contribution in [3.8, 4) is 0 Å². The van der Waals surface area contributed by atoms with Gasteiger partial charge in [-0.1, -0.05) is 0 Å². The van der Waals surface area contributed by atoms with E-state index < -0.39 is 5.67 Å². The Kier molecular flexibility index (Phi) is 3.02. The first-order valence-corrected chi connectivity index (χ1v) is 4.77. The number of hydrogen-bond acceptors (Lipinski definition) is 5. The molecule has 1 aromatic rings. The van der Waals surface area contributed by atoms with E-state index in [-0.39, 0.29) is 5.95 Å². The number of nitrogens with one attached hydrogen (secondary N) is 1. The predicted molar refractivity (Wildman–Crippen MR) is 52.6 cm³/mol. The van der Waals surface area contributed by atoms with E-state index in [1.165, 1.54) is 11.5 Å². The van der Waals surface area contributed by atoms with Crippen molar-refractivity contribution < 1.29 is 4.39 Å². The summed E-state index contributed by atoms with van der Waals surface area (Å²) in [7, 11) is 0. The van der Waals surface area contributed by atoms with Gasteiger partial charge in [-0.25, -0.2) is 4.39 Å². The van der Waals surface area contributed by atoms with Crippen molar-refractivity contribution in [3.63, 3.8) is 0 Å². The second-order valence-corrected chi connectivity index (χ2v) is 4.11. The van der Waals surface area contributed by atoms with E-state index in [4.69, 9.17) is 5.73 Å². The van der Waals surface area contributed by atoms with Gasteiger partial charge < -0.3 is 11.1 Å². The van der Waals surface area contributed by atoms with Crippen LogP contribution in [0.1, 0.15) is 20.3 Å². The van der Waals surface area contributed by atoms with Gasteiger partial charge >= 0.3 is 0 Å². The Morgan fingerprint density at radius 3 is 2.77 bits per heavy atom. The Bertz CT molecular complexity index is 268. The van der Waals surface area contributed by atoms with Crippen LogP contribution in [0.5, 0.6) is 0 Å². The molecule has 0 atom stereocenters. The van der Waals surface area contributed by atoms with Gasteiger partial charge in [-0.2, -0.15) is 9.36 Å². The van der Waals surface area contributed by atoms with Crippen molar-refractivity contribution in [3.05, 3.63) is 0 Å². The summed E-state index contributed by atoms with van der Waals surface area (Å²) in [6.07, 6.45) is 0.437. The van der Waals surface area contributed by atoms with Crippen LogP contribution < -0.4 is 11.1 Å². The quantitative estimate of drug-likeness (QED) is 0.783. The molecule has 4 nitrogen and oxygen atoms in total. The number of nitrogens with two attached hydrogens (primary N) is 1. The van der Waals surface area contributed by atoms with Crippen molar-refractivity contribution >= 4 is 22.6 Å². The molecule has 74 valence electrons. The Hall–Kier alpha value is -0.910. The number of alkyl halides is 1. The molecule has 13 heavy (non-hydrogen) atoms. The molecule has 0 amide bonds. The summed E-state index contributed by atoms with van der Waals surface area (Å²) >= 11 is 1.18. The number of nitrogen functional groups attached to an aromatic ring is 1. The summed E-state index contributed by atoms with van der Waals surface area (Å²) in [5, 5.41) is 3.59. The van der Waals surface area contributed by atoms with Crippen LogP contribution in [-0.4, -0.2) is 21.6 Å². The van der Waals surface area contributed by atoms with Crippen LogP contribution in [0.25, 0.3) is 0 Å². The Morgan fingerprint density at radius 1 is 1.62 bits per heavy atom. The first kappa shape index (κ1) is 10.2. The highest BCUT2D eigenvalue weighted by molar-refractivity contribution is 7.09. The van der Waals surface area contributed by atoms with Gasteiger partial charge in [0.05, 0.1) is 0 Å². The summed E-state index contributed by atoms with van der Waals surface area (Å²) in [5.74, 6) is 0.256. The van der Waals surface area contributed by atoms with Crippen molar-refractivity contribution in [1.82, 2.24) is 9.36 Å². The van der Waals surface area contributed by atoms with E-state index in [1.54, 1.807) is 13.8 Å². The second kappa shape index (κ2) is 3.87. The average Bonchev–Trinajstić information content (AvgIpc) is 2.33. The van der Waals surface area contributed by atoms with E-state index in [9.17, 15) is 4.39 Å². The summed E-state index contributed by atoms with van der Waals surface area (Å²) in [4.78, 5) is 3.88. The third-order valence-corrected chi connectivity index (χ3v) is 2.12. The lowest BCUT2D eigenvalue weighted by Gasteiger charge is -2.13. The van der Waals surface area contributed by atoms with Crippen molar-refractivity contribution in [2.75, 3.05) is 17.6 Å². The molecule has 0 saturated carbocycles. The fourth-order valence-corrected chi connectivity index (χ4v) is 1.30. The molecule has 6 heteroatoms. The van der Waals surface area contributed by atoms with E-state index in [2.05, 4.69) is 14.7 Å². The molecule has 0 unspecified atom stereocenters. The highest BCUT2D eigenvalue weighted by Gasteiger charge is 2.14. The lowest BCUT2D eigenvalue weighted by atomic mass is 10.1. The molecule has 3 N–H and O–H groups in total. The first-order valence-electron chi connectivity index (χ1n) is 3.99.